The molecule has 2 rings (SSSR count). The molecule has 0 spiro atoms. The van der Waals surface area contributed by atoms with Crippen LogP contribution in [0.25, 0.3) is 10.9 Å². The summed E-state index contributed by atoms with van der Waals surface area (Å²) in [7, 11) is 0. The standard InChI is InChI=1S/C18H27N3/c1-3-5-11-21(12-6-4-2)18-13-15(14-19)20-17-10-8-7-9-16(17)18/h7-10,13H,3-6,11-12,14,19H2,1-2H3. The molecule has 0 amide bonds. The summed E-state index contributed by atoms with van der Waals surface area (Å²) in [6.07, 6.45) is 4.88. The van der Waals surface area contributed by atoms with Gasteiger partial charge in [-0.25, -0.2) is 0 Å². The van der Waals surface area contributed by atoms with Crippen LogP contribution in [-0.2, 0) is 6.54 Å². The van der Waals surface area contributed by atoms with Gasteiger partial charge in [-0.2, -0.15) is 0 Å². The smallest absolute Gasteiger partial charge is 0.0726 e. The molecule has 0 fully saturated rings. The molecule has 0 bridgehead atoms. The Morgan fingerprint density at radius 1 is 1.05 bits per heavy atom. The number of aromatic nitrogens is 1. The second kappa shape index (κ2) is 7.99. The van der Waals surface area contributed by atoms with E-state index in [9.17, 15) is 0 Å². The van der Waals surface area contributed by atoms with Crippen LogP contribution in [0.3, 0.4) is 0 Å². The number of hydrogen-bond acceptors (Lipinski definition) is 3. The number of nitrogens with zero attached hydrogens (tertiary/aromatic N) is 2. The van der Waals surface area contributed by atoms with Crippen LogP contribution in [0.15, 0.2) is 30.3 Å². The van der Waals surface area contributed by atoms with Crippen molar-refractivity contribution in [2.24, 2.45) is 5.73 Å². The molecule has 0 unspecified atom stereocenters. The predicted molar refractivity (Wildman–Crippen MR) is 91.7 cm³/mol. The first-order valence-electron chi connectivity index (χ1n) is 8.13. The minimum absolute atomic E-state index is 0.493. The van der Waals surface area contributed by atoms with Crippen LogP contribution in [0.2, 0.25) is 0 Å². The zero-order valence-corrected chi connectivity index (χ0v) is 13.3. The van der Waals surface area contributed by atoms with Gasteiger partial charge in [-0.15, -0.1) is 0 Å². The minimum atomic E-state index is 0.493. The van der Waals surface area contributed by atoms with E-state index in [0.717, 1.165) is 24.3 Å². The van der Waals surface area contributed by atoms with Gasteiger partial charge in [0.05, 0.1) is 11.2 Å². The largest absolute Gasteiger partial charge is 0.371 e. The molecule has 0 aliphatic rings. The maximum Gasteiger partial charge on any atom is 0.0726 e. The van der Waals surface area contributed by atoms with Gasteiger partial charge in [-0.05, 0) is 25.0 Å². The number of anilines is 1. The summed E-state index contributed by atoms with van der Waals surface area (Å²) in [6, 6.07) is 10.6. The van der Waals surface area contributed by atoms with E-state index in [1.165, 1.54) is 36.8 Å². The van der Waals surface area contributed by atoms with Crippen molar-refractivity contribution in [3.8, 4) is 0 Å². The molecule has 0 atom stereocenters. The van der Waals surface area contributed by atoms with Crippen molar-refractivity contribution in [3.63, 3.8) is 0 Å². The molecule has 1 aromatic heterocycles. The molecular weight excluding hydrogens is 258 g/mol. The molecule has 1 heterocycles. The monoisotopic (exact) mass is 285 g/mol. The quantitative estimate of drug-likeness (QED) is 0.794. The topological polar surface area (TPSA) is 42.1 Å². The maximum atomic E-state index is 5.83. The van der Waals surface area contributed by atoms with Gasteiger partial charge in [0.1, 0.15) is 0 Å². The second-order valence-electron chi connectivity index (χ2n) is 5.55. The number of hydrogen-bond donors (Lipinski definition) is 1. The SMILES string of the molecule is CCCCN(CCCC)c1cc(CN)nc2ccccc12. The Labute approximate surface area is 128 Å². The van der Waals surface area contributed by atoms with Crippen molar-refractivity contribution in [1.29, 1.82) is 0 Å². The van der Waals surface area contributed by atoms with E-state index in [0.29, 0.717) is 6.54 Å². The molecule has 2 aromatic rings. The van der Waals surface area contributed by atoms with Crippen LogP contribution in [0.4, 0.5) is 5.69 Å². The van der Waals surface area contributed by atoms with Crippen molar-refractivity contribution >= 4 is 16.6 Å². The number of benzene rings is 1. The maximum absolute atomic E-state index is 5.83. The van der Waals surface area contributed by atoms with E-state index < -0.39 is 0 Å². The lowest BCUT2D eigenvalue weighted by Gasteiger charge is -2.26. The van der Waals surface area contributed by atoms with E-state index in [1.807, 2.05) is 6.07 Å². The first-order valence-corrected chi connectivity index (χ1v) is 8.13. The summed E-state index contributed by atoms with van der Waals surface area (Å²) < 4.78 is 0. The molecule has 0 saturated heterocycles. The molecule has 2 N–H and O–H groups in total. The molecule has 3 nitrogen and oxygen atoms in total. The third-order valence-corrected chi connectivity index (χ3v) is 3.86. The summed E-state index contributed by atoms with van der Waals surface area (Å²) in [5.41, 5.74) is 9.15. The summed E-state index contributed by atoms with van der Waals surface area (Å²) in [5, 5.41) is 1.24. The van der Waals surface area contributed by atoms with E-state index in [2.05, 4.69) is 48.0 Å². The van der Waals surface area contributed by atoms with E-state index in [-0.39, 0.29) is 0 Å². The Morgan fingerprint density at radius 2 is 1.71 bits per heavy atom. The zero-order valence-electron chi connectivity index (χ0n) is 13.3. The number of pyridine rings is 1. The lowest BCUT2D eigenvalue weighted by molar-refractivity contribution is 0.679. The van der Waals surface area contributed by atoms with Gasteiger partial charge >= 0.3 is 0 Å². The summed E-state index contributed by atoms with van der Waals surface area (Å²) >= 11 is 0. The normalized spacial score (nSPS) is 11.0. The first kappa shape index (κ1) is 15.8. The van der Waals surface area contributed by atoms with Crippen LogP contribution in [0.5, 0.6) is 0 Å². The molecule has 0 saturated carbocycles. The Hall–Kier alpha value is -1.61. The Kier molecular flexibility index (Phi) is 6.00. The Bertz CT molecular complexity index is 557. The van der Waals surface area contributed by atoms with Crippen LogP contribution in [-0.4, -0.2) is 18.1 Å². The second-order valence-corrected chi connectivity index (χ2v) is 5.55. The van der Waals surface area contributed by atoms with Gasteiger partial charge in [0.25, 0.3) is 0 Å². The number of para-hydroxylation sites is 1. The summed E-state index contributed by atoms with van der Waals surface area (Å²) in [5.74, 6) is 0. The lowest BCUT2D eigenvalue weighted by Crippen LogP contribution is -2.26. The fourth-order valence-corrected chi connectivity index (χ4v) is 2.63. The van der Waals surface area contributed by atoms with Crippen molar-refractivity contribution in [1.82, 2.24) is 4.98 Å². The molecule has 114 valence electrons. The first-order chi connectivity index (χ1) is 10.3. The minimum Gasteiger partial charge on any atom is -0.371 e. The molecule has 3 heteroatoms. The third-order valence-electron chi connectivity index (χ3n) is 3.86. The van der Waals surface area contributed by atoms with Gasteiger partial charge in [-0.3, -0.25) is 4.98 Å². The van der Waals surface area contributed by atoms with Crippen LogP contribution in [0, 0.1) is 0 Å². The van der Waals surface area contributed by atoms with Crippen LogP contribution in [0.1, 0.15) is 45.2 Å². The Balaban J connectivity index is 2.43. The van der Waals surface area contributed by atoms with Gasteiger partial charge < -0.3 is 10.6 Å². The molecule has 0 radical (unpaired) electrons. The molecule has 1 aromatic carbocycles. The van der Waals surface area contributed by atoms with Gasteiger partial charge in [0.2, 0.25) is 0 Å². The number of nitrogens with two attached hydrogens (primary N) is 1. The van der Waals surface area contributed by atoms with E-state index >= 15 is 0 Å². The van der Waals surface area contributed by atoms with Gasteiger partial charge in [-0.1, -0.05) is 44.9 Å². The van der Waals surface area contributed by atoms with Crippen molar-refractivity contribution in [2.75, 3.05) is 18.0 Å². The number of fused-ring (bicyclic) bond motifs is 1. The van der Waals surface area contributed by atoms with E-state index in [1.54, 1.807) is 0 Å². The average molecular weight is 285 g/mol. The van der Waals surface area contributed by atoms with Gasteiger partial charge in [0.15, 0.2) is 0 Å². The van der Waals surface area contributed by atoms with Crippen molar-refractivity contribution in [2.45, 2.75) is 46.1 Å². The third kappa shape index (κ3) is 3.94. The Morgan fingerprint density at radius 3 is 2.33 bits per heavy atom. The zero-order chi connectivity index (χ0) is 15.1. The molecule has 21 heavy (non-hydrogen) atoms. The van der Waals surface area contributed by atoms with Crippen molar-refractivity contribution in [3.05, 3.63) is 36.0 Å². The van der Waals surface area contributed by atoms with Crippen molar-refractivity contribution < 1.29 is 0 Å². The lowest BCUT2D eigenvalue weighted by atomic mass is 10.1. The number of unbranched alkanes of at least 4 members (excludes halogenated alkanes) is 2. The van der Waals surface area contributed by atoms with Crippen LogP contribution >= 0.6 is 0 Å². The molecular formula is C18H27N3. The summed E-state index contributed by atoms with van der Waals surface area (Å²) in [4.78, 5) is 7.16. The highest BCUT2D eigenvalue weighted by Crippen LogP contribution is 2.27. The highest BCUT2D eigenvalue weighted by molar-refractivity contribution is 5.92. The summed E-state index contributed by atoms with van der Waals surface area (Å²) in [6.45, 7) is 7.19. The van der Waals surface area contributed by atoms with Gasteiger partial charge in [0, 0.05) is 30.7 Å². The number of rotatable bonds is 8. The van der Waals surface area contributed by atoms with Crippen LogP contribution < -0.4 is 10.6 Å². The molecule has 0 aliphatic heterocycles. The fraction of sp³-hybridized carbons (Fsp3) is 0.500. The highest BCUT2D eigenvalue weighted by atomic mass is 15.1. The average Bonchev–Trinajstić information content (AvgIpc) is 2.54. The molecule has 0 aliphatic carbocycles. The fourth-order valence-electron chi connectivity index (χ4n) is 2.63. The predicted octanol–water partition coefficient (Wildman–Crippen LogP) is 4.10. The van der Waals surface area contributed by atoms with E-state index in [4.69, 9.17) is 5.73 Å². The highest BCUT2D eigenvalue weighted by Gasteiger charge is 2.11.